The van der Waals surface area contributed by atoms with Gasteiger partial charge in [0.05, 0.1) is 6.10 Å². The van der Waals surface area contributed by atoms with E-state index in [4.69, 9.17) is 0 Å². The van der Waals surface area contributed by atoms with E-state index in [1.165, 1.54) is 0 Å². The number of urea groups is 1. The summed E-state index contributed by atoms with van der Waals surface area (Å²) in [4.78, 5) is 11.2. The van der Waals surface area contributed by atoms with Gasteiger partial charge < -0.3 is 15.7 Å². The number of rotatable bonds is 5. The summed E-state index contributed by atoms with van der Waals surface area (Å²) in [5.74, 6) is 0. The summed E-state index contributed by atoms with van der Waals surface area (Å²) in [7, 11) is 0. The van der Waals surface area contributed by atoms with Crippen LogP contribution in [0, 0.1) is 0 Å². The van der Waals surface area contributed by atoms with Crippen molar-refractivity contribution >= 4 is 6.03 Å². The molecule has 4 heteroatoms. The van der Waals surface area contributed by atoms with Crippen molar-refractivity contribution < 1.29 is 9.90 Å². The molecule has 3 N–H and O–H groups in total. The topological polar surface area (TPSA) is 61.4 Å². The third kappa shape index (κ3) is 4.31. The van der Waals surface area contributed by atoms with E-state index in [1.54, 1.807) is 0 Å². The lowest BCUT2D eigenvalue weighted by Gasteiger charge is -2.12. The van der Waals surface area contributed by atoms with Crippen molar-refractivity contribution in [1.82, 2.24) is 10.6 Å². The summed E-state index contributed by atoms with van der Waals surface area (Å²) in [6.07, 6.45) is 0.239. The van der Waals surface area contributed by atoms with Crippen LogP contribution in [0.15, 0.2) is 30.3 Å². The Morgan fingerprint density at radius 3 is 2.62 bits per heavy atom. The molecule has 2 amide bonds. The highest BCUT2D eigenvalue weighted by Gasteiger charge is 2.07. The number of hydrogen-bond acceptors (Lipinski definition) is 2. The fraction of sp³-hybridized carbons (Fsp3) is 0.417. The van der Waals surface area contributed by atoms with E-state index in [9.17, 15) is 9.90 Å². The van der Waals surface area contributed by atoms with Crippen molar-refractivity contribution in [3.05, 3.63) is 35.9 Å². The Morgan fingerprint density at radius 2 is 2.00 bits per heavy atom. The van der Waals surface area contributed by atoms with Gasteiger partial charge in [-0.25, -0.2) is 4.79 Å². The number of hydrogen-bond donors (Lipinski definition) is 3. The zero-order valence-corrected chi connectivity index (χ0v) is 9.44. The molecule has 0 spiro atoms. The summed E-state index contributed by atoms with van der Waals surface area (Å²) in [5, 5.41) is 15.0. The Labute approximate surface area is 95.7 Å². The number of carbonyl (C=O) groups is 1. The molecule has 1 aromatic rings. The minimum Gasteiger partial charge on any atom is -0.387 e. The fourth-order valence-electron chi connectivity index (χ4n) is 1.28. The fourth-order valence-corrected chi connectivity index (χ4v) is 1.28. The lowest BCUT2D eigenvalue weighted by molar-refractivity contribution is 0.173. The van der Waals surface area contributed by atoms with Crippen LogP contribution >= 0.6 is 0 Å². The molecule has 0 saturated heterocycles. The van der Waals surface area contributed by atoms with E-state index in [2.05, 4.69) is 10.6 Å². The molecule has 1 unspecified atom stereocenters. The van der Waals surface area contributed by atoms with Crippen molar-refractivity contribution in [3.8, 4) is 0 Å². The highest BCUT2D eigenvalue weighted by Crippen LogP contribution is 2.10. The lowest BCUT2D eigenvalue weighted by Crippen LogP contribution is -2.38. The number of aliphatic hydroxyl groups is 1. The van der Waals surface area contributed by atoms with Gasteiger partial charge in [-0.3, -0.25) is 0 Å². The highest BCUT2D eigenvalue weighted by molar-refractivity contribution is 5.73. The predicted molar refractivity (Wildman–Crippen MR) is 63.1 cm³/mol. The zero-order chi connectivity index (χ0) is 11.8. The molecule has 0 saturated carbocycles. The van der Waals surface area contributed by atoms with E-state index >= 15 is 0 Å². The zero-order valence-electron chi connectivity index (χ0n) is 9.44. The van der Waals surface area contributed by atoms with Crippen molar-refractivity contribution in [2.24, 2.45) is 0 Å². The van der Waals surface area contributed by atoms with Crippen LogP contribution in [0.3, 0.4) is 0 Å². The Bertz CT molecular complexity index is 314. The molecule has 0 fully saturated rings. The average molecular weight is 222 g/mol. The minimum atomic E-state index is -0.659. The summed E-state index contributed by atoms with van der Waals surface area (Å²) in [6, 6.07) is 9.02. The largest absolute Gasteiger partial charge is 0.387 e. The van der Waals surface area contributed by atoms with Gasteiger partial charge in [0.1, 0.15) is 0 Å². The molecule has 88 valence electrons. The van der Waals surface area contributed by atoms with Gasteiger partial charge in [0.25, 0.3) is 0 Å². The molecule has 0 aliphatic carbocycles. The second-order valence-corrected chi connectivity index (χ2v) is 3.56. The molecular weight excluding hydrogens is 204 g/mol. The van der Waals surface area contributed by atoms with Crippen LogP contribution < -0.4 is 10.6 Å². The number of benzene rings is 1. The summed E-state index contributed by atoms with van der Waals surface area (Å²) < 4.78 is 0. The van der Waals surface area contributed by atoms with E-state index < -0.39 is 6.10 Å². The third-order valence-electron chi connectivity index (χ3n) is 2.18. The van der Waals surface area contributed by atoms with Gasteiger partial charge in [0.2, 0.25) is 0 Å². The number of carbonyl (C=O) groups excluding carboxylic acids is 1. The van der Waals surface area contributed by atoms with Crippen molar-refractivity contribution in [2.75, 3.05) is 13.1 Å². The molecule has 0 radical (unpaired) electrons. The van der Waals surface area contributed by atoms with E-state index in [-0.39, 0.29) is 12.6 Å². The average Bonchev–Trinajstić information content (AvgIpc) is 2.34. The summed E-state index contributed by atoms with van der Waals surface area (Å²) in [6.45, 7) is 2.85. The molecule has 0 aliphatic rings. The molecule has 1 aromatic carbocycles. The Balaban J connectivity index is 2.30. The SMILES string of the molecule is CCCNC(=O)NCC(O)c1ccccc1. The third-order valence-corrected chi connectivity index (χ3v) is 2.18. The maximum absolute atomic E-state index is 11.2. The number of amides is 2. The highest BCUT2D eigenvalue weighted by atomic mass is 16.3. The van der Waals surface area contributed by atoms with Crippen LogP contribution in [0.2, 0.25) is 0 Å². The van der Waals surface area contributed by atoms with Crippen LogP contribution in [0.1, 0.15) is 25.0 Å². The first-order valence-corrected chi connectivity index (χ1v) is 5.48. The molecular formula is C12H18N2O2. The predicted octanol–water partition coefficient (Wildman–Crippen LogP) is 1.43. The van der Waals surface area contributed by atoms with E-state index in [0.29, 0.717) is 6.54 Å². The van der Waals surface area contributed by atoms with E-state index in [1.807, 2.05) is 37.3 Å². The minimum absolute atomic E-state index is 0.222. The Hall–Kier alpha value is -1.55. The quantitative estimate of drug-likeness (QED) is 0.705. The molecule has 4 nitrogen and oxygen atoms in total. The molecule has 0 aromatic heterocycles. The maximum Gasteiger partial charge on any atom is 0.314 e. The van der Waals surface area contributed by atoms with Gasteiger partial charge in [-0.15, -0.1) is 0 Å². The first kappa shape index (κ1) is 12.5. The van der Waals surface area contributed by atoms with Gasteiger partial charge in [-0.2, -0.15) is 0 Å². The normalized spacial score (nSPS) is 11.9. The lowest BCUT2D eigenvalue weighted by atomic mass is 10.1. The maximum atomic E-state index is 11.2. The summed E-state index contributed by atoms with van der Waals surface area (Å²) >= 11 is 0. The Morgan fingerprint density at radius 1 is 1.31 bits per heavy atom. The van der Waals surface area contributed by atoms with Crippen molar-refractivity contribution in [2.45, 2.75) is 19.4 Å². The molecule has 1 atom stereocenters. The first-order valence-electron chi connectivity index (χ1n) is 5.48. The van der Waals surface area contributed by atoms with Gasteiger partial charge in [0, 0.05) is 13.1 Å². The standard InChI is InChI=1S/C12H18N2O2/c1-2-8-13-12(16)14-9-11(15)10-6-4-3-5-7-10/h3-7,11,15H,2,8-9H2,1H3,(H2,13,14,16). The summed E-state index contributed by atoms with van der Waals surface area (Å²) in [5.41, 5.74) is 0.804. The van der Waals surface area contributed by atoms with Crippen LogP contribution in [0.4, 0.5) is 4.79 Å². The Kier molecular flexibility index (Phi) is 5.36. The van der Waals surface area contributed by atoms with Crippen LogP contribution in [0.25, 0.3) is 0 Å². The molecule has 0 bridgehead atoms. The molecule has 1 rings (SSSR count). The first-order chi connectivity index (χ1) is 7.74. The second kappa shape index (κ2) is 6.85. The van der Waals surface area contributed by atoms with Crippen molar-refractivity contribution in [1.29, 1.82) is 0 Å². The van der Waals surface area contributed by atoms with Crippen molar-refractivity contribution in [3.63, 3.8) is 0 Å². The smallest absolute Gasteiger partial charge is 0.314 e. The van der Waals surface area contributed by atoms with Gasteiger partial charge in [-0.05, 0) is 12.0 Å². The molecule has 0 heterocycles. The van der Waals surface area contributed by atoms with Crippen LogP contribution in [-0.4, -0.2) is 24.2 Å². The van der Waals surface area contributed by atoms with Gasteiger partial charge in [-0.1, -0.05) is 37.3 Å². The molecule has 16 heavy (non-hydrogen) atoms. The molecule has 0 aliphatic heterocycles. The van der Waals surface area contributed by atoms with Gasteiger partial charge in [0.15, 0.2) is 0 Å². The monoisotopic (exact) mass is 222 g/mol. The van der Waals surface area contributed by atoms with Crippen LogP contribution in [0.5, 0.6) is 0 Å². The second-order valence-electron chi connectivity index (χ2n) is 3.56. The number of nitrogens with one attached hydrogen (secondary N) is 2. The number of aliphatic hydroxyl groups excluding tert-OH is 1. The van der Waals surface area contributed by atoms with Crippen LogP contribution in [-0.2, 0) is 0 Å². The van der Waals surface area contributed by atoms with Gasteiger partial charge >= 0.3 is 6.03 Å². The van der Waals surface area contributed by atoms with E-state index in [0.717, 1.165) is 12.0 Å².